The summed E-state index contributed by atoms with van der Waals surface area (Å²) in [5.41, 5.74) is 3.17. The normalized spacial score (nSPS) is 10.9. The van der Waals surface area contributed by atoms with Crippen LogP contribution in [0.4, 0.5) is 8.78 Å². The third-order valence-corrected chi connectivity index (χ3v) is 4.64. The van der Waals surface area contributed by atoms with Gasteiger partial charge in [0.1, 0.15) is 11.6 Å². The quantitative estimate of drug-likeness (QED) is 0.375. The van der Waals surface area contributed by atoms with Crippen molar-refractivity contribution in [1.82, 2.24) is 0 Å². The fraction of sp³-hybridized carbons (Fsp3) is 0.0417. The minimum Gasteiger partial charge on any atom is -0.295 e. The van der Waals surface area contributed by atoms with Gasteiger partial charge in [-0.3, -0.25) is 4.79 Å². The van der Waals surface area contributed by atoms with E-state index in [1.807, 2.05) is 36.4 Å². The summed E-state index contributed by atoms with van der Waals surface area (Å²) in [5, 5.41) is 1.84. The molecule has 0 atom stereocenters. The molecule has 0 unspecified atom stereocenters. The highest BCUT2D eigenvalue weighted by Crippen LogP contribution is 2.34. The van der Waals surface area contributed by atoms with Crippen LogP contribution in [-0.4, -0.2) is 5.78 Å². The van der Waals surface area contributed by atoms with E-state index in [1.165, 1.54) is 31.2 Å². The van der Waals surface area contributed by atoms with Crippen molar-refractivity contribution < 1.29 is 13.6 Å². The molecule has 0 aliphatic carbocycles. The number of Topliss-reactive ketones (excluding diaryl/α,β-unsaturated/α-hetero) is 1. The molecule has 0 aliphatic rings. The Bertz CT molecular complexity index is 1180. The lowest BCUT2D eigenvalue weighted by atomic mass is 9.92. The Labute approximate surface area is 155 Å². The lowest BCUT2D eigenvalue weighted by Crippen LogP contribution is -1.94. The molecule has 0 aliphatic heterocycles. The standard InChI is InChI=1S/C24H16F2O/c1-15(27)18-9-17-5-2-3-8-23(17)24(14-18)20-10-19(12-22(26)13-20)16-6-4-7-21(25)11-16/h2-14H,1H3. The van der Waals surface area contributed by atoms with Crippen LogP contribution in [0.2, 0.25) is 0 Å². The summed E-state index contributed by atoms with van der Waals surface area (Å²) in [6.45, 7) is 1.51. The van der Waals surface area contributed by atoms with Crippen molar-refractivity contribution in [2.75, 3.05) is 0 Å². The maximum absolute atomic E-state index is 14.4. The van der Waals surface area contributed by atoms with Crippen LogP contribution in [0.1, 0.15) is 17.3 Å². The Morgan fingerprint density at radius 2 is 1.44 bits per heavy atom. The van der Waals surface area contributed by atoms with E-state index in [9.17, 15) is 13.6 Å². The zero-order valence-corrected chi connectivity index (χ0v) is 14.7. The maximum atomic E-state index is 14.4. The van der Waals surface area contributed by atoms with E-state index in [0.29, 0.717) is 22.3 Å². The third-order valence-electron chi connectivity index (χ3n) is 4.64. The summed E-state index contributed by atoms with van der Waals surface area (Å²) in [4.78, 5) is 11.9. The molecular formula is C24H16F2O. The molecule has 4 rings (SSSR count). The van der Waals surface area contributed by atoms with Crippen molar-refractivity contribution in [1.29, 1.82) is 0 Å². The van der Waals surface area contributed by atoms with Gasteiger partial charge in [0.25, 0.3) is 0 Å². The highest BCUT2D eigenvalue weighted by atomic mass is 19.1. The average Bonchev–Trinajstić information content (AvgIpc) is 2.66. The number of ketones is 1. The minimum atomic E-state index is -0.413. The summed E-state index contributed by atoms with van der Waals surface area (Å²) >= 11 is 0. The Morgan fingerprint density at radius 3 is 2.22 bits per heavy atom. The molecule has 0 fully saturated rings. The number of hydrogen-bond donors (Lipinski definition) is 0. The van der Waals surface area contributed by atoms with E-state index in [0.717, 1.165) is 16.3 Å². The van der Waals surface area contributed by atoms with Crippen LogP contribution >= 0.6 is 0 Å². The van der Waals surface area contributed by atoms with E-state index in [2.05, 4.69) is 0 Å². The van der Waals surface area contributed by atoms with Gasteiger partial charge in [-0.1, -0.05) is 36.4 Å². The van der Waals surface area contributed by atoms with Crippen LogP contribution in [0.25, 0.3) is 33.0 Å². The number of rotatable bonds is 3. The fourth-order valence-corrected chi connectivity index (χ4v) is 3.33. The van der Waals surface area contributed by atoms with Crippen molar-refractivity contribution in [2.24, 2.45) is 0 Å². The molecule has 0 spiro atoms. The monoisotopic (exact) mass is 358 g/mol. The van der Waals surface area contributed by atoms with Crippen LogP contribution in [0.15, 0.2) is 78.9 Å². The first-order chi connectivity index (χ1) is 13.0. The highest BCUT2D eigenvalue weighted by molar-refractivity contribution is 6.05. The Morgan fingerprint density at radius 1 is 0.704 bits per heavy atom. The first-order valence-electron chi connectivity index (χ1n) is 8.62. The number of hydrogen-bond acceptors (Lipinski definition) is 1. The molecular weight excluding hydrogens is 342 g/mol. The minimum absolute atomic E-state index is 0.0521. The SMILES string of the molecule is CC(=O)c1cc(-c2cc(F)cc(-c3cccc(F)c3)c2)c2ccccc2c1. The van der Waals surface area contributed by atoms with Crippen molar-refractivity contribution in [2.45, 2.75) is 6.92 Å². The smallest absolute Gasteiger partial charge is 0.159 e. The molecule has 27 heavy (non-hydrogen) atoms. The van der Waals surface area contributed by atoms with Gasteiger partial charge in [0, 0.05) is 5.56 Å². The zero-order valence-electron chi connectivity index (χ0n) is 14.7. The highest BCUT2D eigenvalue weighted by Gasteiger charge is 2.12. The molecule has 1 nitrogen and oxygen atoms in total. The molecule has 0 heterocycles. The van der Waals surface area contributed by atoms with Crippen LogP contribution in [0.3, 0.4) is 0 Å². The average molecular weight is 358 g/mol. The molecule has 0 N–H and O–H groups in total. The second-order valence-electron chi connectivity index (χ2n) is 6.54. The number of benzene rings is 4. The molecule has 0 bridgehead atoms. The topological polar surface area (TPSA) is 17.1 Å². The summed E-state index contributed by atoms with van der Waals surface area (Å²) in [5.74, 6) is -0.838. The van der Waals surface area contributed by atoms with Crippen molar-refractivity contribution in [3.63, 3.8) is 0 Å². The van der Waals surface area contributed by atoms with Gasteiger partial charge in [0.05, 0.1) is 0 Å². The predicted molar refractivity (Wildman–Crippen MR) is 105 cm³/mol. The summed E-state index contributed by atoms with van der Waals surface area (Å²) in [6, 6.07) is 22.0. The summed E-state index contributed by atoms with van der Waals surface area (Å²) in [7, 11) is 0. The fourth-order valence-electron chi connectivity index (χ4n) is 3.33. The van der Waals surface area contributed by atoms with E-state index in [-0.39, 0.29) is 11.6 Å². The zero-order chi connectivity index (χ0) is 19.0. The van der Waals surface area contributed by atoms with Gasteiger partial charge < -0.3 is 0 Å². The second kappa shape index (κ2) is 6.76. The van der Waals surface area contributed by atoms with E-state index in [4.69, 9.17) is 0 Å². The van der Waals surface area contributed by atoms with Crippen molar-refractivity contribution in [3.05, 3.63) is 96.1 Å². The molecule has 0 amide bonds. The Balaban J connectivity index is 1.97. The molecule has 0 saturated heterocycles. The van der Waals surface area contributed by atoms with Gasteiger partial charge in [0.2, 0.25) is 0 Å². The van der Waals surface area contributed by atoms with Crippen LogP contribution in [0.5, 0.6) is 0 Å². The largest absolute Gasteiger partial charge is 0.295 e. The van der Waals surface area contributed by atoms with Crippen LogP contribution in [-0.2, 0) is 0 Å². The first kappa shape index (κ1) is 17.1. The third kappa shape index (κ3) is 3.36. The van der Waals surface area contributed by atoms with Gasteiger partial charge >= 0.3 is 0 Å². The van der Waals surface area contributed by atoms with Crippen LogP contribution < -0.4 is 0 Å². The van der Waals surface area contributed by atoms with E-state index >= 15 is 0 Å². The van der Waals surface area contributed by atoms with Crippen molar-refractivity contribution in [3.8, 4) is 22.3 Å². The van der Waals surface area contributed by atoms with Gasteiger partial charge in [-0.15, -0.1) is 0 Å². The van der Waals surface area contributed by atoms with Gasteiger partial charge in [0.15, 0.2) is 5.78 Å². The van der Waals surface area contributed by atoms with Gasteiger partial charge in [-0.25, -0.2) is 8.78 Å². The van der Waals surface area contributed by atoms with Gasteiger partial charge in [-0.2, -0.15) is 0 Å². The lowest BCUT2D eigenvalue weighted by molar-refractivity contribution is 0.101. The molecule has 132 valence electrons. The lowest BCUT2D eigenvalue weighted by Gasteiger charge is -2.12. The summed E-state index contributed by atoms with van der Waals surface area (Å²) in [6.07, 6.45) is 0. The predicted octanol–water partition coefficient (Wildman–Crippen LogP) is 6.65. The number of carbonyl (C=O) groups excluding carboxylic acids is 1. The first-order valence-corrected chi connectivity index (χ1v) is 8.62. The number of fused-ring (bicyclic) bond motifs is 1. The molecule has 0 radical (unpaired) electrons. The van der Waals surface area contributed by atoms with Crippen LogP contribution in [0, 0.1) is 11.6 Å². The van der Waals surface area contributed by atoms with Gasteiger partial charge in [-0.05, 0) is 82.4 Å². The summed E-state index contributed by atoms with van der Waals surface area (Å²) < 4.78 is 28.0. The number of halogens is 2. The number of carbonyl (C=O) groups is 1. The second-order valence-corrected chi connectivity index (χ2v) is 6.54. The Kier molecular flexibility index (Phi) is 4.28. The van der Waals surface area contributed by atoms with Crippen molar-refractivity contribution >= 4 is 16.6 Å². The molecule has 4 aromatic rings. The molecule has 0 saturated carbocycles. The van der Waals surface area contributed by atoms with E-state index < -0.39 is 5.82 Å². The molecule has 0 aromatic heterocycles. The maximum Gasteiger partial charge on any atom is 0.159 e. The Hall–Kier alpha value is -3.33. The van der Waals surface area contributed by atoms with E-state index in [1.54, 1.807) is 18.2 Å². The molecule has 4 aromatic carbocycles. The molecule has 3 heteroatoms.